The van der Waals surface area contributed by atoms with Crippen LogP contribution in [0, 0.1) is 0 Å². The number of hydrogen-bond acceptors (Lipinski definition) is 4. The Bertz CT molecular complexity index is 792. The lowest BCUT2D eigenvalue weighted by molar-refractivity contribution is 0.0696. The van der Waals surface area contributed by atoms with Crippen molar-refractivity contribution in [2.45, 2.75) is 12.7 Å². The van der Waals surface area contributed by atoms with Gasteiger partial charge in [0.1, 0.15) is 12.4 Å². The van der Waals surface area contributed by atoms with E-state index in [1.54, 1.807) is 18.2 Å². The number of fused-ring (bicyclic) bond motifs is 1. The van der Waals surface area contributed by atoms with Crippen molar-refractivity contribution in [1.29, 1.82) is 0 Å². The van der Waals surface area contributed by atoms with Crippen molar-refractivity contribution in [1.82, 2.24) is 5.32 Å². The Morgan fingerprint density at radius 2 is 1.92 bits per heavy atom. The second kappa shape index (κ2) is 7.21. The molecule has 1 amide bonds. The number of ether oxygens (including phenoxy) is 1. The summed E-state index contributed by atoms with van der Waals surface area (Å²) in [6.07, 6.45) is -1.62. The van der Waals surface area contributed by atoms with E-state index in [4.69, 9.17) is 9.84 Å². The number of carboxylic acid groups (broad SMARTS) is 1. The Balaban J connectivity index is 1.61. The number of hydrogen-bond donors (Lipinski definition) is 3. The molecule has 25 heavy (non-hydrogen) atoms. The summed E-state index contributed by atoms with van der Waals surface area (Å²) in [6, 6.07) is 10.7. The zero-order valence-corrected chi connectivity index (χ0v) is 13.3. The molecule has 0 saturated carbocycles. The molecule has 0 aromatic heterocycles. The summed E-state index contributed by atoms with van der Waals surface area (Å²) in [4.78, 5) is 23.0. The van der Waals surface area contributed by atoms with Gasteiger partial charge < -0.3 is 20.5 Å². The van der Waals surface area contributed by atoms with Crippen LogP contribution in [0.15, 0.2) is 42.5 Å². The van der Waals surface area contributed by atoms with Gasteiger partial charge in [0, 0.05) is 18.5 Å². The first kappa shape index (κ1) is 16.8. The Morgan fingerprint density at radius 3 is 2.64 bits per heavy atom. The maximum atomic E-state index is 14.1. The SMILES string of the molecule is O=C(O)c1ccc(CC(F)NC(=O)c2ccc3c(c2)NCCO3)cc1. The molecule has 1 atom stereocenters. The van der Waals surface area contributed by atoms with Gasteiger partial charge in [0.15, 0.2) is 6.30 Å². The van der Waals surface area contributed by atoms with Crippen LogP contribution >= 0.6 is 0 Å². The highest BCUT2D eigenvalue weighted by molar-refractivity contribution is 5.95. The van der Waals surface area contributed by atoms with Crippen molar-refractivity contribution in [3.8, 4) is 5.75 Å². The summed E-state index contributed by atoms with van der Waals surface area (Å²) in [6.45, 7) is 1.21. The molecule has 0 saturated heterocycles. The topological polar surface area (TPSA) is 87.7 Å². The van der Waals surface area contributed by atoms with Gasteiger partial charge in [0.25, 0.3) is 5.91 Å². The van der Waals surface area contributed by atoms with Crippen molar-refractivity contribution in [2.24, 2.45) is 0 Å². The molecule has 1 unspecified atom stereocenters. The van der Waals surface area contributed by atoms with Crippen molar-refractivity contribution in [2.75, 3.05) is 18.5 Å². The maximum Gasteiger partial charge on any atom is 0.335 e. The minimum atomic E-state index is -1.58. The lowest BCUT2D eigenvalue weighted by Crippen LogP contribution is -2.33. The van der Waals surface area contributed by atoms with Crippen molar-refractivity contribution >= 4 is 17.6 Å². The van der Waals surface area contributed by atoms with Crippen molar-refractivity contribution in [3.05, 3.63) is 59.2 Å². The van der Waals surface area contributed by atoms with Crippen LogP contribution < -0.4 is 15.4 Å². The second-order valence-corrected chi connectivity index (χ2v) is 5.63. The number of nitrogens with one attached hydrogen (secondary N) is 2. The van der Waals surface area contributed by atoms with Crippen LogP contribution in [0.2, 0.25) is 0 Å². The highest BCUT2D eigenvalue weighted by atomic mass is 19.1. The van der Waals surface area contributed by atoms with Crippen LogP contribution in [0.3, 0.4) is 0 Å². The van der Waals surface area contributed by atoms with E-state index in [2.05, 4.69) is 10.6 Å². The number of rotatable bonds is 5. The van der Waals surface area contributed by atoms with Gasteiger partial charge in [-0.3, -0.25) is 4.79 Å². The lowest BCUT2D eigenvalue weighted by atomic mass is 10.1. The average molecular weight is 344 g/mol. The molecule has 0 radical (unpaired) electrons. The molecule has 6 nitrogen and oxygen atoms in total. The van der Waals surface area contributed by atoms with Gasteiger partial charge in [0.2, 0.25) is 0 Å². The minimum Gasteiger partial charge on any atom is -0.490 e. The Morgan fingerprint density at radius 1 is 1.20 bits per heavy atom. The fourth-order valence-electron chi connectivity index (χ4n) is 2.55. The van der Waals surface area contributed by atoms with Gasteiger partial charge in [0.05, 0.1) is 11.3 Å². The number of carbonyl (C=O) groups excluding carboxylic acids is 1. The van der Waals surface area contributed by atoms with Gasteiger partial charge in [-0.2, -0.15) is 0 Å². The zero-order chi connectivity index (χ0) is 17.8. The third kappa shape index (κ3) is 4.06. The highest BCUT2D eigenvalue weighted by Crippen LogP contribution is 2.28. The average Bonchev–Trinajstić information content (AvgIpc) is 2.61. The Hall–Kier alpha value is -3.09. The molecule has 0 spiro atoms. The largest absolute Gasteiger partial charge is 0.490 e. The van der Waals surface area contributed by atoms with Gasteiger partial charge in [-0.15, -0.1) is 0 Å². The third-order valence-corrected chi connectivity index (χ3v) is 3.82. The molecule has 130 valence electrons. The first-order valence-corrected chi connectivity index (χ1v) is 7.81. The zero-order valence-electron chi connectivity index (χ0n) is 13.3. The van der Waals surface area contributed by atoms with E-state index in [0.717, 1.165) is 0 Å². The molecule has 0 bridgehead atoms. The van der Waals surface area contributed by atoms with E-state index in [-0.39, 0.29) is 12.0 Å². The molecule has 3 N–H and O–H groups in total. The van der Waals surface area contributed by atoms with E-state index < -0.39 is 18.2 Å². The molecular weight excluding hydrogens is 327 g/mol. The molecule has 2 aromatic rings. The first-order chi connectivity index (χ1) is 12.0. The smallest absolute Gasteiger partial charge is 0.335 e. The molecule has 1 aliphatic heterocycles. The molecule has 1 heterocycles. The van der Waals surface area contributed by atoms with E-state index in [1.807, 2.05) is 0 Å². The van der Waals surface area contributed by atoms with Gasteiger partial charge in [-0.1, -0.05) is 12.1 Å². The molecule has 7 heteroatoms. The lowest BCUT2D eigenvalue weighted by Gasteiger charge is -2.19. The predicted molar refractivity (Wildman–Crippen MR) is 89.9 cm³/mol. The predicted octanol–water partition coefficient (Wildman–Crippen LogP) is 2.46. The van der Waals surface area contributed by atoms with E-state index in [1.165, 1.54) is 24.3 Å². The standard InChI is InChI=1S/C18H17FN2O4/c19-16(9-11-1-3-12(4-2-11)18(23)24)21-17(22)13-5-6-15-14(10-13)20-7-8-25-15/h1-6,10,16,20H,7-9H2,(H,21,22)(H,23,24). The number of halogens is 1. The number of alkyl halides is 1. The first-order valence-electron chi connectivity index (χ1n) is 7.81. The number of benzene rings is 2. The fourth-order valence-corrected chi connectivity index (χ4v) is 2.55. The number of carbonyl (C=O) groups is 2. The Kier molecular flexibility index (Phi) is 4.83. The minimum absolute atomic E-state index is 0.0437. The van der Waals surface area contributed by atoms with Crippen LogP contribution in [0.5, 0.6) is 5.75 Å². The van der Waals surface area contributed by atoms with Crippen LogP contribution in [-0.2, 0) is 6.42 Å². The van der Waals surface area contributed by atoms with Crippen molar-refractivity contribution < 1.29 is 23.8 Å². The quantitative estimate of drug-likeness (QED) is 0.725. The number of amides is 1. The molecule has 3 rings (SSSR count). The van der Waals surface area contributed by atoms with E-state index >= 15 is 0 Å². The summed E-state index contributed by atoms with van der Waals surface area (Å²) < 4.78 is 19.6. The fraction of sp³-hybridized carbons (Fsp3) is 0.222. The normalized spacial score (nSPS) is 13.8. The maximum absolute atomic E-state index is 14.1. The van der Waals surface area contributed by atoms with Crippen LogP contribution in [0.25, 0.3) is 0 Å². The van der Waals surface area contributed by atoms with Gasteiger partial charge in [-0.05, 0) is 35.9 Å². The number of anilines is 1. The van der Waals surface area contributed by atoms with Crippen molar-refractivity contribution in [3.63, 3.8) is 0 Å². The molecular formula is C18H17FN2O4. The molecule has 0 aliphatic carbocycles. The monoisotopic (exact) mass is 344 g/mol. The van der Waals surface area contributed by atoms with E-state index in [0.29, 0.717) is 35.7 Å². The molecule has 0 fully saturated rings. The van der Waals surface area contributed by atoms with Gasteiger partial charge >= 0.3 is 5.97 Å². The summed E-state index contributed by atoms with van der Waals surface area (Å²) in [5.74, 6) is -0.899. The van der Waals surface area contributed by atoms with Crippen LogP contribution in [-0.4, -0.2) is 36.4 Å². The highest BCUT2D eigenvalue weighted by Gasteiger charge is 2.17. The molecule has 2 aromatic carbocycles. The summed E-state index contributed by atoms with van der Waals surface area (Å²) in [5, 5.41) is 14.3. The van der Waals surface area contributed by atoms with E-state index in [9.17, 15) is 14.0 Å². The van der Waals surface area contributed by atoms with Gasteiger partial charge in [-0.25, -0.2) is 9.18 Å². The second-order valence-electron chi connectivity index (χ2n) is 5.63. The van der Waals surface area contributed by atoms with Crippen LogP contribution in [0.4, 0.5) is 10.1 Å². The Labute approximate surface area is 143 Å². The summed E-state index contributed by atoms with van der Waals surface area (Å²) in [7, 11) is 0. The van der Waals surface area contributed by atoms with Crippen LogP contribution in [0.1, 0.15) is 26.3 Å². The number of aromatic carboxylic acids is 1. The summed E-state index contributed by atoms with van der Waals surface area (Å²) >= 11 is 0. The molecule has 1 aliphatic rings. The summed E-state index contributed by atoms with van der Waals surface area (Å²) in [5.41, 5.74) is 1.77. The number of carboxylic acids is 1. The third-order valence-electron chi connectivity index (χ3n) is 3.82.